The molecular weight excluding hydrogens is 348 g/mol. The van der Waals surface area contributed by atoms with Gasteiger partial charge in [-0.15, -0.1) is 11.8 Å². The molecule has 4 rings (SSSR count). The lowest BCUT2D eigenvalue weighted by Gasteiger charge is -2.27. The molecule has 1 N–H and O–H groups in total. The van der Waals surface area contributed by atoms with Gasteiger partial charge in [-0.05, 0) is 31.0 Å². The smallest absolute Gasteiger partial charge is 0.238 e. The Morgan fingerprint density at radius 3 is 2.65 bits per heavy atom. The van der Waals surface area contributed by atoms with Gasteiger partial charge in [-0.2, -0.15) is 0 Å². The van der Waals surface area contributed by atoms with E-state index in [1.165, 1.54) is 0 Å². The first-order valence-corrected chi connectivity index (χ1v) is 9.70. The summed E-state index contributed by atoms with van der Waals surface area (Å²) in [6.07, 6.45) is 1.91. The predicted octanol–water partition coefficient (Wildman–Crippen LogP) is 3.82. The number of methoxy groups -OCH3 is 1. The van der Waals surface area contributed by atoms with Crippen LogP contribution in [0.4, 0.5) is 11.4 Å². The van der Waals surface area contributed by atoms with Gasteiger partial charge in [-0.3, -0.25) is 14.5 Å². The second kappa shape index (κ2) is 7.03. The fraction of sp³-hybridized carbons (Fsp3) is 0.300. The molecule has 1 atom stereocenters. The lowest BCUT2D eigenvalue weighted by Crippen LogP contribution is -2.29. The number of hydrogen-bond donors (Lipinski definition) is 1. The number of carbonyl (C=O) groups excluding carboxylic acids is 2. The lowest BCUT2D eigenvalue weighted by molar-refractivity contribution is -0.117. The largest absolute Gasteiger partial charge is 0.495 e. The van der Waals surface area contributed by atoms with Crippen molar-refractivity contribution in [2.45, 2.75) is 18.2 Å². The van der Waals surface area contributed by atoms with Crippen LogP contribution in [-0.4, -0.2) is 24.7 Å². The minimum absolute atomic E-state index is 0.0350. The van der Waals surface area contributed by atoms with Crippen molar-refractivity contribution in [3.8, 4) is 5.75 Å². The van der Waals surface area contributed by atoms with Crippen LogP contribution >= 0.6 is 11.8 Å². The molecule has 0 radical (unpaired) electrons. The second-order valence-corrected chi connectivity index (χ2v) is 7.52. The number of anilines is 2. The van der Waals surface area contributed by atoms with Gasteiger partial charge in [0.15, 0.2) is 0 Å². The van der Waals surface area contributed by atoms with Crippen LogP contribution in [0.1, 0.15) is 23.8 Å². The van der Waals surface area contributed by atoms with E-state index in [0.29, 0.717) is 11.5 Å². The molecule has 1 aliphatic carbocycles. The summed E-state index contributed by atoms with van der Waals surface area (Å²) >= 11 is 1.56. The third-order valence-electron chi connectivity index (χ3n) is 4.65. The summed E-state index contributed by atoms with van der Waals surface area (Å²) in [6.45, 7) is 0. The lowest BCUT2D eigenvalue weighted by atomic mass is 10.1. The first kappa shape index (κ1) is 17.0. The standard InChI is InChI=1S/C20H20N2O3S/c1-25-17-9-5-4-8-16(17)22-18(23)12-26-20(22)14-6-2-3-7-15(14)21-19(24)13-10-11-13/h2-9,13,20H,10-12H2,1H3,(H,21,24)/t20-/m1/s1. The molecule has 0 unspecified atom stereocenters. The first-order chi connectivity index (χ1) is 12.7. The molecule has 6 heteroatoms. The van der Waals surface area contributed by atoms with Crippen LogP contribution in [0.2, 0.25) is 0 Å². The Bertz CT molecular complexity index is 850. The van der Waals surface area contributed by atoms with E-state index in [0.717, 1.165) is 29.8 Å². The summed E-state index contributed by atoms with van der Waals surface area (Å²) in [6, 6.07) is 15.2. The third-order valence-corrected chi connectivity index (χ3v) is 5.84. The van der Waals surface area contributed by atoms with E-state index >= 15 is 0 Å². The molecule has 134 valence electrons. The van der Waals surface area contributed by atoms with E-state index in [1.807, 2.05) is 48.5 Å². The summed E-state index contributed by atoms with van der Waals surface area (Å²) in [4.78, 5) is 26.6. The molecule has 2 aromatic carbocycles. The van der Waals surface area contributed by atoms with Gasteiger partial charge >= 0.3 is 0 Å². The van der Waals surface area contributed by atoms with Gasteiger partial charge in [0.2, 0.25) is 11.8 Å². The molecule has 1 saturated carbocycles. The van der Waals surface area contributed by atoms with Crippen molar-refractivity contribution in [2.75, 3.05) is 23.1 Å². The van der Waals surface area contributed by atoms with Crippen molar-refractivity contribution < 1.29 is 14.3 Å². The monoisotopic (exact) mass is 368 g/mol. The number of hydrogen-bond acceptors (Lipinski definition) is 4. The molecule has 26 heavy (non-hydrogen) atoms. The minimum Gasteiger partial charge on any atom is -0.495 e. The number of para-hydroxylation sites is 3. The van der Waals surface area contributed by atoms with Crippen LogP contribution in [0.3, 0.4) is 0 Å². The van der Waals surface area contributed by atoms with Gasteiger partial charge in [-0.25, -0.2) is 0 Å². The first-order valence-electron chi connectivity index (χ1n) is 8.65. The molecular formula is C20H20N2O3S. The Balaban J connectivity index is 1.70. The predicted molar refractivity (Wildman–Crippen MR) is 103 cm³/mol. The van der Waals surface area contributed by atoms with Gasteiger partial charge in [0.1, 0.15) is 11.1 Å². The van der Waals surface area contributed by atoms with Gasteiger partial charge in [0, 0.05) is 17.2 Å². The second-order valence-electron chi connectivity index (χ2n) is 6.45. The Morgan fingerprint density at radius 2 is 1.88 bits per heavy atom. The number of carbonyl (C=O) groups is 2. The molecule has 1 saturated heterocycles. The molecule has 1 heterocycles. The third kappa shape index (κ3) is 3.17. The summed E-state index contributed by atoms with van der Waals surface area (Å²) in [7, 11) is 1.60. The van der Waals surface area contributed by atoms with Crippen LogP contribution in [0, 0.1) is 5.92 Å². The van der Waals surface area contributed by atoms with Gasteiger partial charge in [0.05, 0.1) is 18.6 Å². The van der Waals surface area contributed by atoms with E-state index in [9.17, 15) is 9.59 Å². The Hall–Kier alpha value is -2.47. The number of thioether (sulfide) groups is 1. The fourth-order valence-electron chi connectivity index (χ4n) is 3.15. The number of ether oxygens (including phenoxy) is 1. The Kier molecular flexibility index (Phi) is 4.59. The average molecular weight is 368 g/mol. The van der Waals surface area contributed by atoms with Crippen molar-refractivity contribution in [2.24, 2.45) is 5.92 Å². The Labute approximate surface area is 156 Å². The molecule has 0 bridgehead atoms. The molecule has 5 nitrogen and oxygen atoms in total. The topological polar surface area (TPSA) is 58.6 Å². The van der Waals surface area contributed by atoms with Crippen molar-refractivity contribution in [1.82, 2.24) is 0 Å². The fourth-order valence-corrected chi connectivity index (χ4v) is 4.35. The van der Waals surface area contributed by atoms with Crippen molar-refractivity contribution in [3.05, 3.63) is 54.1 Å². The van der Waals surface area contributed by atoms with E-state index in [1.54, 1.807) is 23.8 Å². The SMILES string of the molecule is COc1ccccc1N1C(=O)CS[C@@H]1c1ccccc1NC(=O)C1CC1. The number of amides is 2. The van der Waals surface area contributed by atoms with E-state index in [4.69, 9.17) is 4.74 Å². The van der Waals surface area contributed by atoms with E-state index in [-0.39, 0.29) is 23.1 Å². The highest BCUT2D eigenvalue weighted by Crippen LogP contribution is 2.46. The summed E-state index contributed by atoms with van der Waals surface area (Å²) in [5.41, 5.74) is 2.46. The van der Waals surface area contributed by atoms with Crippen LogP contribution in [-0.2, 0) is 9.59 Å². The Morgan fingerprint density at radius 1 is 1.15 bits per heavy atom. The number of nitrogens with zero attached hydrogens (tertiary/aromatic N) is 1. The van der Waals surface area contributed by atoms with Crippen LogP contribution in [0.25, 0.3) is 0 Å². The van der Waals surface area contributed by atoms with Crippen LogP contribution < -0.4 is 15.0 Å². The zero-order valence-corrected chi connectivity index (χ0v) is 15.3. The highest BCUT2D eigenvalue weighted by atomic mass is 32.2. The molecule has 2 aliphatic rings. The number of nitrogens with one attached hydrogen (secondary N) is 1. The van der Waals surface area contributed by atoms with Gasteiger partial charge in [-0.1, -0.05) is 30.3 Å². The maximum Gasteiger partial charge on any atom is 0.238 e. The molecule has 2 aromatic rings. The van der Waals surface area contributed by atoms with Crippen LogP contribution in [0.15, 0.2) is 48.5 Å². The van der Waals surface area contributed by atoms with Crippen molar-refractivity contribution in [1.29, 1.82) is 0 Å². The van der Waals surface area contributed by atoms with Gasteiger partial charge in [0.25, 0.3) is 0 Å². The maximum atomic E-state index is 12.6. The highest BCUT2D eigenvalue weighted by molar-refractivity contribution is 8.00. The summed E-state index contributed by atoms with van der Waals surface area (Å²) in [5.74, 6) is 1.29. The minimum atomic E-state index is -0.200. The van der Waals surface area contributed by atoms with Crippen molar-refractivity contribution in [3.63, 3.8) is 0 Å². The number of benzene rings is 2. The molecule has 2 fully saturated rings. The molecule has 0 spiro atoms. The van der Waals surface area contributed by atoms with Gasteiger partial charge < -0.3 is 10.1 Å². The zero-order chi connectivity index (χ0) is 18.1. The van der Waals surface area contributed by atoms with Crippen molar-refractivity contribution >= 4 is 35.0 Å². The van der Waals surface area contributed by atoms with Crippen LogP contribution in [0.5, 0.6) is 5.75 Å². The molecule has 2 amide bonds. The summed E-state index contributed by atoms with van der Waals surface area (Å²) in [5, 5.41) is 2.84. The maximum absolute atomic E-state index is 12.6. The quantitative estimate of drug-likeness (QED) is 0.872. The highest BCUT2D eigenvalue weighted by Gasteiger charge is 2.37. The summed E-state index contributed by atoms with van der Waals surface area (Å²) < 4.78 is 5.45. The zero-order valence-electron chi connectivity index (χ0n) is 14.5. The number of rotatable bonds is 5. The molecule has 0 aromatic heterocycles. The van der Waals surface area contributed by atoms with E-state index in [2.05, 4.69) is 5.32 Å². The normalized spacial score (nSPS) is 19.5. The average Bonchev–Trinajstić information content (AvgIpc) is 3.45. The molecule has 1 aliphatic heterocycles. The van der Waals surface area contributed by atoms with E-state index < -0.39 is 0 Å².